The van der Waals surface area contributed by atoms with Gasteiger partial charge in [-0.05, 0) is 53.6 Å². The summed E-state index contributed by atoms with van der Waals surface area (Å²) < 4.78 is 0.965. The zero-order chi connectivity index (χ0) is 9.30. The molecule has 0 aliphatic heterocycles. The molecule has 0 aliphatic rings. The van der Waals surface area contributed by atoms with Gasteiger partial charge in [-0.2, -0.15) is 5.26 Å². The number of anilines is 1. The van der Waals surface area contributed by atoms with Gasteiger partial charge in [-0.1, -0.05) is 0 Å². The van der Waals surface area contributed by atoms with Gasteiger partial charge in [-0.15, -0.1) is 0 Å². The van der Waals surface area contributed by atoms with Gasteiger partial charge in [0.25, 0.3) is 0 Å². The fourth-order valence-corrected chi connectivity index (χ4v) is 1.87. The highest BCUT2D eigenvalue weighted by molar-refractivity contribution is 14.1. The minimum atomic E-state index is 0.574. The maximum atomic E-state index is 8.78. The van der Waals surface area contributed by atoms with Crippen molar-refractivity contribution in [3.63, 3.8) is 0 Å². The number of aryl methyl sites for hydroxylation is 1. The van der Waals surface area contributed by atoms with Gasteiger partial charge in [0.15, 0.2) is 0 Å². The Bertz CT molecular complexity index is 364. The van der Waals surface area contributed by atoms with Crippen LogP contribution in [0.5, 0.6) is 0 Å². The molecule has 0 aliphatic carbocycles. The summed E-state index contributed by atoms with van der Waals surface area (Å²) in [7, 11) is 0. The van der Waals surface area contributed by atoms with E-state index in [9.17, 15) is 0 Å². The van der Waals surface area contributed by atoms with Gasteiger partial charge in [-0.25, -0.2) is 0 Å². The Morgan fingerprint density at radius 1 is 1.50 bits per heavy atom. The van der Waals surface area contributed by atoms with Gasteiger partial charge >= 0.3 is 0 Å². The van der Waals surface area contributed by atoms with Gasteiger partial charge in [0.05, 0.1) is 11.3 Å². The highest BCUT2D eigenvalue weighted by atomic mass is 127. The molecule has 1 rings (SSSR count). The lowest BCUT2D eigenvalue weighted by molar-refractivity contribution is 1.30. The first-order valence-corrected chi connectivity index (χ1v) is 4.61. The van der Waals surface area contributed by atoms with Crippen LogP contribution in [-0.4, -0.2) is 0 Å². The summed E-state index contributed by atoms with van der Waals surface area (Å²) in [4.78, 5) is 0. The Balaban J connectivity index is 3.54. The smallest absolute Gasteiger partial charge is 0.102 e. The largest absolute Gasteiger partial charge is 0.398 e. The lowest BCUT2D eigenvalue weighted by Crippen LogP contribution is -1.97. The lowest BCUT2D eigenvalue weighted by Gasteiger charge is -2.07. The molecule has 0 saturated carbocycles. The summed E-state index contributed by atoms with van der Waals surface area (Å²) in [6, 6.07) is 3.94. The van der Waals surface area contributed by atoms with Crippen LogP contribution < -0.4 is 5.73 Å². The standard InChI is InChI=1S/C9H9IN2/c1-5-3-8(12)7(4-11)9(10)6(5)2/h3H,12H2,1-2H3. The summed E-state index contributed by atoms with van der Waals surface area (Å²) in [5.74, 6) is 0. The van der Waals surface area contributed by atoms with E-state index in [0.717, 1.165) is 14.7 Å². The minimum Gasteiger partial charge on any atom is -0.398 e. The zero-order valence-corrected chi connectivity index (χ0v) is 9.14. The molecule has 0 saturated heterocycles. The SMILES string of the molecule is Cc1cc(N)c(C#N)c(I)c1C. The lowest BCUT2D eigenvalue weighted by atomic mass is 10.1. The van der Waals surface area contributed by atoms with Crippen molar-refractivity contribution in [3.8, 4) is 6.07 Å². The van der Waals surface area contributed by atoms with E-state index in [1.165, 1.54) is 0 Å². The molecule has 0 spiro atoms. The van der Waals surface area contributed by atoms with E-state index >= 15 is 0 Å². The average molecular weight is 272 g/mol. The van der Waals surface area contributed by atoms with E-state index in [-0.39, 0.29) is 0 Å². The summed E-state index contributed by atoms with van der Waals surface area (Å²) >= 11 is 2.15. The third-order valence-corrected chi connectivity index (χ3v) is 3.26. The Hall–Kier alpha value is -0.760. The predicted molar refractivity (Wildman–Crippen MR) is 57.8 cm³/mol. The molecule has 62 valence electrons. The molecule has 12 heavy (non-hydrogen) atoms. The molecule has 0 aromatic heterocycles. The van der Waals surface area contributed by atoms with Crippen molar-refractivity contribution in [3.05, 3.63) is 26.3 Å². The summed E-state index contributed by atoms with van der Waals surface area (Å²) in [6.07, 6.45) is 0. The van der Waals surface area contributed by atoms with Crippen molar-refractivity contribution in [2.45, 2.75) is 13.8 Å². The Kier molecular flexibility index (Phi) is 2.58. The van der Waals surface area contributed by atoms with Crippen LogP contribution in [0.15, 0.2) is 6.07 Å². The normalized spacial score (nSPS) is 9.50. The van der Waals surface area contributed by atoms with Crippen molar-refractivity contribution in [1.82, 2.24) is 0 Å². The number of hydrogen-bond acceptors (Lipinski definition) is 2. The molecule has 1 aromatic rings. The molecule has 2 N–H and O–H groups in total. The van der Waals surface area contributed by atoms with E-state index in [1.54, 1.807) is 0 Å². The number of nitriles is 1. The maximum absolute atomic E-state index is 8.78. The second kappa shape index (κ2) is 3.31. The quantitative estimate of drug-likeness (QED) is 0.582. The molecular weight excluding hydrogens is 263 g/mol. The van der Waals surface area contributed by atoms with Crippen molar-refractivity contribution in [2.75, 3.05) is 5.73 Å². The van der Waals surface area contributed by atoms with Gasteiger partial charge in [0.1, 0.15) is 6.07 Å². The van der Waals surface area contributed by atoms with Gasteiger partial charge in [0, 0.05) is 3.57 Å². The van der Waals surface area contributed by atoms with Crippen LogP contribution in [0.3, 0.4) is 0 Å². The molecule has 0 fully saturated rings. The van der Waals surface area contributed by atoms with E-state index in [0.29, 0.717) is 11.3 Å². The van der Waals surface area contributed by atoms with Crippen LogP contribution in [0.4, 0.5) is 5.69 Å². The van der Waals surface area contributed by atoms with Crippen LogP contribution >= 0.6 is 22.6 Å². The Morgan fingerprint density at radius 3 is 2.58 bits per heavy atom. The minimum absolute atomic E-state index is 0.574. The van der Waals surface area contributed by atoms with Crippen molar-refractivity contribution >= 4 is 28.3 Å². The number of halogens is 1. The first kappa shape index (κ1) is 9.33. The Labute approximate surface area is 85.5 Å². The number of nitrogens with two attached hydrogens (primary N) is 1. The molecule has 0 unspecified atom stereocenters. The average Bonchev–Trinajstić information content (AvgIpc) is 2.01. The number of hydrogen-bond donors (Lipinski definition) is 1. The van der Waals surface area contributed by atoms with E-state index < -0.39 is 0 Å². The van der Waals surface area contributed by atoms with Gasteiger partial charge < -0.3 is 5.73 Å². The summed E-state index contributed by atoms with van der Waals surface area (Å²) in [6.45, 7) is 3.99. The molecule has 0 radical (unpaired) electrons. The molecule has 0 atom stereocenters. The fraction of sp³-hybridized carbons (Fsp3) is 0.222. The fourth-order valence-electron chi connectivity index (χ4n) is 1.01. The second-order valence-electron chi connectivity index (χ2n) is 2.71. The molecule has 1 aromatic carbocycles. The molecule has 0 heterocycles. The third-order valence-electron chi connectivity index (χ3n) is 1.91. The molecule has 2 nitrogen and oxygen atoms in total. The number of rotatable bonds is 0. The maximum Gasteiger partial charge on any atom is 0.102 e. The van der Waals surface area contributed by atoms with Crippen molar-refractivity contribution < 1.29 is 0 Å². The highest BCUT2D eigenvalue weighted by Gasteiger charge is 2.08. The number of nitrogens with zero attached hydrogens (tertiary/aromatic N) is 1. The van der Waals surface area contributed by atoms with E-state index in [2.05, 4.69) is 28.7 Å². The molecule has 3 heteroatoms. The van der Waals surface area contributed by atoms with E-state index in [4.69, 9.17) is 11.0 Å². The highest BCUT2D eigenvalue weighted by Crippen LogP contribution is 2.24. The van der Waals surface area contributed by atoms with Gasteiger partial charge in [0.2, 0.25) is 0 Å². The second-order valence-corrected chi connectivity index (χ2v) is 3.79. The van der Waals surface area contributed by atoms with Crippen LogP contribution in [0.2, 0.25) is 0 Å². The molecule has 0 bridgehead atoms. The number of benzene rings is 1. The van der Waals surface area contributed by atoms with Gasteiger partial charge in [-0.3, -0.25) is 0 Å². The van der Waals surface area contributed by atoms with Crippen LogP contribution in [0.25, 0.3) is 0 Å². The topological polar surface area (TPSA) is 49.8 Å². The van der Waals surface area contributed by atoms with Crippen LogP contribution in [0.1, 0.15) is 16.7 Å². The monoisotopic (exact) mass is 272 g/mol. The number of nitrogen functional groups attached to an aromatic ring is 1. The van der Waals surface area contributed by atoms with Crippen molar-refractivity contribution in [1.29, 1.82) is 5.26 Å². The predicted octanol–water partition coefficient (Wildman–Crippen LogP) is 2.36. The zero-order valence-electron chi connectivity index (χ0n) is 6.98. The van der Waals surface area contributed by atoms with Crippen LogP contribution in [-0.2, 0) is 0 Å². The first-order valence-electron chi connectivity index (χ1n) is 3.53. The Morgan fingerprint density at radius 2 is 2.08 bits per heavy atom. The third kappa shape index (κ3) is 1.39. The molecule has 0 amide bonds. The first-order chi connectivity index (χ1) is 5.57. The van der Waals surface area contributed by atoms with Crippen molar-refractivity contribution in [2.24, 2.45) is 0 Å². The molecular formula is C9H9IN2. The summed E-state index contributed by atoms with van der Waals surface area (Å²) in [5.41, 5.74) is 9.12. The van der Waals surface area contributed by atoms with Crippen LogP contribution in [0, 0.1) is 28.7 Å². The van der Waals surface area contributed by atoms with E-state index in [1.807, 2.05) is 19.9 Å². The summed E-state index contributed by atoms with van der Waals surface area (Å²) in [5, 5.41) is 8.78.